The minimum atomic E-state index is -0.645. The van der Waals surface area contributed by atoms with Gasteiger partial charge in [0.2, 0.25) is 0 Å². The van der Waals surface area contributed by atoms with Crippen molar-refractivity contribution in [1.29, 1.82) is 0 Å². The van der Waals surface area contributed by atoms with Gasteiger partial charge in [0.15, 0.2) is 5.82 Å². The number of hydrogen-bond acceptors (Lipinski definition) is 7. The van der Waals surface area contributed by atoms with Crippen LogP contribution in [0.2, 0.25) is 5.02 Å². The lowest BCUT2D eigenvalue weighted by Crippen LogP contribution is -2.19. The highest BCUT2D eigenvalue weighted by Crippen LogP contribution is 2.17. The van der Waals surface area contributed by atoms with Crippen molar-refractivity contribution >= 4 is 35.1 Å². The third-order valence-corrected chi connectivity index (χ3v) is 2.57. The van der Waals surface area contributed by atoms with E-state index in [0.717, 1.165) is 0 Å². The Kier molecular flexibility index (Phi) is 6.45. The normalized spacial score (nSPS) is 10.8. The molecule has 0 aliphatic heterocycles. The Balaban J connectivity index is 2.77. The Morgan fingerprint density at radius 2 is 2.10 bits per heavy atom. The number of nitrogens with zero attached hydrogens (tertiary/aromatic N) is 2. The van der Waals surface area contributed by atoms with Crippen LogP contribution < -0.4 is 5.43 Å². The highest BCUT2D eigenvalue weighted by atomic mass is 35.5. The third-order valence-electron chi connectivity index (χ3n) is 2.27. The number of rotatable bonds is 6. The van der Waals surface area contributed by atoms with E-state index in [2.05, 4.69) is 25.0 Å². The highest BCUT2D eigenvalue weighted by Gasteiger charge is 2.14. The summed E-state index contributed by atoms with van der Waals surface area (Å²) in [7, 11) is 2.49. The molecule has 8 heteroatoms. The highest BCUT2D eigenvalue weighted by molar-refractivity contribution is 6.37. The molecule has 0 unspecified atom stereocenters. The van der Waals surface area contributed by atoms with Crippen LogP contribution >= 0.6 is 11.6 Å². The maximum Gasteiger partial charge on any atom is 0.354 e. The van der Waals surface area contributed by atoms with Crippen LogP contribution in [0.25, 0.3) is 0 Å². The molecule has 0 spiro atoms. The van der Waals surface area contributed by atoms with E-state index in [0.29, 0.717) is 10.8 Å². The summed E-state index contributed by atoms with van der Waals surface area (Å²) in [5.41, 5.74) is 2.60. The smallest absolute Gasteiger partial charge is 0.354 e. The summed E-state index contributed by atoms with van der Waals surface area (Å²) >= 11 is 5.89. The fourth-order valence-corrected chi connectivity index (χ4v) is 1.40. The van der Waals surface area contributed by atoms with Crippen molar-refractivity contribution in [3.63, 3.8) is 0 Å². The summed E-state index contributed by atoms with van der Waals surface area (Å²) in [5, 5.41) is 4.22. The van der Waals surface area contributed by atoms with Crippen molar-refractivity contribution in [2.75, 3.05) is 19.6 Å². The van der Waals surface area contributed by atoms with E-state index in [4.69, 9.17) is 11.6 Å². The molecule has 0 saturated carbocycles. The summed E-state index contributed by atoms with van der Waals surface area (Å²) in [6.07, 6.45) is 1.62. The molecule has 7 nitrogen and oxygen atoms in total. The molecule has 1 N–H and O–H groups in total. The van der Waals surface area contributed by atoms with Crippen LogP contribution in [-0.2, 0) is 19.1 Å². The molecule has 0 aromatic carbocycles. The summed E-state index contributed by atoms with van der Waals surface area (Å²) in [6, 6.07) is 3.29. The van der Waals surface area contributed by atoms with Gasteiger partial charge in [-0.1, -0.05) is 11.6 Å². The average molecular weight is 300 g/mol. The van der Waals surface area contributed by atoms with Crippen molar-refractivity contribution in [3.05, 3.63) is 23.4 Å². The Morgan fingerprint density at radius 3 is 2.70 bits per heavy atom. The van der Waals surface area contributed by atoms with Crippen molar-refractivity contribution in [1.82, 2.24) is 4.98 Å². The number of halogens is 1. The number of hydrogen-bond donors (Lipinski definition) is 1. The first-order chi connectivity index (χ1) is 9.58. The molecule has 0 amide bonds. The van der Waals surface area contributed by atoms with E-state index in [1.54, 1.807) is 12.1 Å². The minimum Gasteiger partial charge on any atom is -0.469 e. The van der Waals surface area contributed by atoms with Crippen LogP contribution in [0.1, 0.15) is 12.8 Å². The fraction of sp³-hybridized carbons (Fsp3) is 0.333. The fourth-order valence-electron chi connectivity index (χ4n) is 1.23. The van der Waals surface area contributed by atoms with Crippen LogP contribution in [0.3, 0.4) is 0 Å². The first-order valence-corrected chi connectivity index (χ1v) is 6.04. The van der Waals surface area contributed by atoms with Gasteiger partial charge in [-0.2, -0.15) is 5.10 Å². The number of esters is 2. The lowest BCUT2D eigenvalue weighted by atomic mass is 10.2. The molecular formula is C12H14ClN3O4. The molecule has 0 aliphatic carbocycles. The van der Waals surface area contributed by atoms with E-state index in [9.17, 15) is 9.59 Å². The van der Waals surface area contributed by atoms with Gasteiger partial charge in [0.1, 0.15) is 5.71 Å². The average Bonchev–Trinajstić information content (AvgIpc) is 2.47. The Hall–Kier alpha value is -2.15. The number of methoxy groups -OCH3 is 2. The van der Waals surface area contributed by atoms with E-state index >= 15 is 0 Å². The maximum atomic E-state index is 11.5. The summed E-state index contributed by atoms with van der Waals surface area (Å²) in [6.45, 7) is 0. The van der Waals surface area contributed by atoms with Crippen molar-refractivity contribution < 1.29 is 19.1 Å². The molecule has 0 saturated heterocycles. The number of carbonyl (C=O) groups is 2. The van der Waals surface area contributed by atoms with Crippen LogP contribution in [0.15, 0.2) is 23.4 Å². The zero-order valence-electron chi connectivity index (χ0n) is 11.1. The predicted octanol–water partition coefficient (Wildman–Crippen LogP) is 1.63. The number of aromatic nitrogens is 1. The van der Waals surface area contributed by atoms with Gasteiger partial charge >= 0.3 is 11.9 Å². The Labute approximate surface area is 120 Å². The quantitative estimate of drug-likeness (QED) is 0.488. The van der Waals surface area contributed by atoms with Crippen molar-refractivity contribution in [3.8, 4) is 0 Å². The SMILES string of the molecule is COC(=O)CC/C(=N/Nc1ncccc1Cl)C(=O)OC. The van der Waals surface area contributed by atoms with Crippen molar-refractivity contribution in [2.45, 2.75) is 12.8 Å². The number of ether oxygens (including phenoxy) is 2. The number of hydrazone groups is 1. The second-order valence-electron chi connectivity index (χ2n) is 3.57. The molecule has 0 fully saturated rings. The molecule has 1 rings (SSSR count). The van der Waals surface area contributed by atoms with E-state index in [-0.39, 0.29) is 18.6 Å². The Morgan fingerprint density at radius 1 is 1.35 bits per heavy atom. The zero-order chi connectivity index (χ0) is 15.0. The van der Waals surface area contributed by atoms with Gasteiger partial charge < -0.3 is 9.47 Å². The van der Waals surface area contributed by atoms with E-state index in [1.165, 1.54) is 20.4 Å². The number of carbonyl (C=O) groups excluding carboxylic acids is 2. The van der Waals surface area contributed by atoms with Crippen molar-refractivity contribution in [2.24, 2.45) is 5.10 Å². The molecule has 0 radical (unpaired) electrons. The summed E-state index contributed by atoms with van der Waals surface area (Å²) in [4.78, 5) is 26.5. The molecule has 0 bridgehead atoms. The van der Waals surface area contributed by atoms with E-state index < -0.39 is 11.9 Å². The lowest BCUT2D eigenvalue weighted by Gasteiger charge is -2.06. The summed E-state index contributed by atoms with van der Waals surface area (Å²) in [5.74, 6) is -0.792. The predicted molar refractivity (Wildman–Crippen MR) is 73.6 cm³/mol. The van der Waals surface area contributed by atoms with Gasteiger partial charge in [-0.3, -0.25) is 10.2 Å². The molecule has 0 aliphatic rings. The van der Waals surface area contributed by atoms with Gasteiger partial charge in [0.25, 0.3) is 0 Å². The molecule has 108 valence electrons. The topological polar surface area (TPSA) is 89.9 Å². The zero-order valence-corrected chi connectivity index (χ0v) is 11.8. The summed E-state index contributed by atoms with van der Waals surface area (Å²) < 4.78 is 9.08. The minimum absolute atomic E-state index is 0.0159. The molecular weight excluding hydrogens is 286 g/mol. The third kappa shape index (κ3) is 4.85. The molecule has 20 heavy (non-hydrogen) atoms. The molecule has 1 aromatic heterocycles. The van der Waals surface area contributed by atoms with Gasteiger partial charge in [0, 0.05) is 12.6 Å². The van der Waals surface area contributed by atoms with Gasteiger partial charge in [-0.15, -0.1) is 0 Å². The molecule has 1 heterocycles. The first-order valence-electron chi connectivity index (χ1n) is 5.66. The molecule has 1 aromatic rings. The monoisotopic (exact) mass is 299 g/mol. The number of pyridine rings is 1. The second kappa shape index (κ2) is 8.11. The van der Waals surface area contributed by atoms with E-state index in [1.807, 2.05) is 0 Å². The lowest BCUT2D eigenvalue weighted by molar-refractivity contribution is -0.140. The van der Waals surface area contributed by atoms with Gasteiger partial charge in [0.05, 0.1) is 25.7 Å². The Bertz CT molecular complexity index is 519. The first kappa shape index (κ1) is 15.9. The van der Waals surface area contributed by atoms with Crippen LogP contribution in [-0.4, -0.2) is 36.9 Å². The van der Waals surface area contributed by atoms with Crippen LogP contribution in [0, 0.1) is 0 Å². The van der Waals surface area contributed by atoms with Crippen LogP contribution in [0.5, 0.6) is 0 Å². The number of anilines is 1. The standard InChI is InChI=1S/C12H14ClN3O4/c1-19-10(17)6-5-9(12(18)20-2)15-16-11-8(13)4-3-7-14-11/h3-4,7H,5-6H2,1-2H3,(H,14,16)/b15-9-. The molecule has 0 atom stereocenters. The van der Waals surface area contributed by atoms with Crippen LogP contribution in [0.4, 0.5) is 5.82 Å². The number of nitrogens with one attached hydrogen (secondary N) is 1. The van der Waals surface area contributed by atoms with Gasteiger partial charge in [-0.05, 0) is 12.1 Å². The largest absolute Gasteiger partial charge is 0.469 e. The van der Waals surface area contributed by atoms with Gasteiger partial charge in [-0.25, -0.2) is 9.78 Å². The maximum absolute atomic E-state index is 11.5. The second-order valence-corrected chi connectivity index (χ2v) is 3.98.